The summed E-state index contributed by atoms with van der Waals surface area (Å²) in [5.41, 5.74) is 0. The molecule has 3 nitrogen and oxygen atoms in total. The zero-order valence-corrected chi connectivity index (χ0v) is 8.16. The van der Waals surface area contributed by atoms with E-state index in [0.717, 1.165) is 12.5 Å². The van der Waals surface area contributed by atoms with Crippen LogP contribution in [-0.2, 0) is 9.53 Å². The third kappa shape index (κ3) is 2.69. The molecule has 0 aliphatic heterocycles. The molecule has 0 bridgehead atoms. The van der Waals surface area contributed by atoms with Crippen molar-refractivity contribution in [2.75, 3.05) is 20.2 Å². The Balaban J connectivity index is 1.77. The van der Waals surface area contributed by atoms with E-state index in [-0.39, 0.29) is 5.97 Å². The highest BCUT2D eigenvalue weighted by Gasteiger charge is 2.34. The summed E-state index contributed by atoms with van der Waals surface area (Å²) in [4.78, 5) is 13.4. The molecular weight excluding hydrogens is 166 g/mol. The van der Waals surface area contributed by atoms with Gasteiger partial charge in [-0.05, 0) is 31.6 Å². The maximum absolute atomic E-state index is 11.1. The van der Waals surface area contributed by atoms with Gasteiger partial charge in [-0.3, -0.25) is 9.69 Å². The highest BCUT2D eigenvalue weighted by molar-refractivity contribution is 5.71. The van der Waals surface area contributed by atoms with Gasteiger partial charge in [0.1, 0.15) is 0 Å². The Morgan fingerprint density at radius 3 is 2.54 bits per heavy atom. The summed E-state index contributed by atoms with van der Waals surface area (Å²) in [6, 6.07) is 0.680. The fraction of sp³-hybridized carbons (Fsp3) is 0.900. The van der Waals surface area contributed by atoms with Crippen LogP contribution < -0.4 is 0 Å². The summed E-state index contributed by atoms with van der Waals surface area (Å²) in [5, 5.41) is 0. The fourth-order valence-corrected chi connectivity index (χ4v) is 1.64. The zero-order chi connectivity index (χ0) is 9.26. The summed E-state index contributed by atoms with van der Waals surface area (Å²) in [6.45, 7) is 1.61. The van der Waals surface area contributed by atoms with Gasteiger partial charge in [-0.2, -0.15) is 0 Å². The predicted octanol–water partition coefficient (Wildman–Crippen LogP) is 1.03. The van der Waals surface area contributed by atoms with E-state index in [0.29, 0.717) is 12.6 Å². The third-order valence-corrected chi connectivity index (χ3v) is 2.81. The minimum absolute atomic E-state index is 0.0902. The standard InChI is InChI=1S/C10H17NO2/c1-13-10(12)7-11(9-4-5-9)6-8-2-3-8/h8-9H,2-7H2,1H3. The molecule has 0 aromatic rings. The van der Waals surface area contributed by atoms with Gasteiger partial charge in [0.15, 0.2) is 0 Å². The Kier molecular flexibility index (Phi) is 2.54. The van der Waals surface area contributed by atoms with E-state index in [1.165, 1.54) is 32.8 Å². The number of carbonyl (C=O) groups is 1. The summed E-state index contributed by atoms with van der Waals surface area (Å²) in [5.74, 6) is 0.776. The first-order chi connectivity index (χ1) is 6.29. The number of nitrogens with zero attached hydrogens (tertiary/aromatic N) is 1. The molecule has 13 heavy (non-hydrogen) atoms. The molecule has 0 aromatic heterocycles. The lowest BCUT2D eigenvalue weighted by atomic mass is 10.3. The first kappa shape index (κ1) is 9.00. The van der Waals surface area contributed by atoms with Crippen LogP contribution in [0.1, 0.15) is 25.7 Å². The van der Waals surface area contributed by atoms with Crippen LogP contribution >= 0.6 is 0 Å². The van der Waals surface area contributed by atoms with Gasteiger partial charge in [0.2, 0.25) is 0 Å². The van der Waals surface area contributed by atoms with Gasteiger partial charge in [0.05, 0.1) is 13.7 Å². The quantitative estimate of drug-likeness (QED) is 0.596. The van der Waals surface area contributed by atoms with Crippen LogP contribution in [0.15, 0.2) is 0 Å². The zero-order valence-electron chi connectivity index (χ0n) is 8.16. The lowest BCUT2D eigenvalue weighted by Gasteiger charge is -2.19. The van der Waals surface area contributed by atoms with Crippen molar-refractivity contribution in [1.82, 2.24) is 4.90 Å². The van der Waals surface area contributed by atoms with Crippen molar-refractivity contribution in [2.24, 2.45) is 5.92 Å². The highest BCUT2D eigenvalue weighted by Crippen LogP contribution is 2.34. The van der Waals surface area contributed by atoms with Crippen molar-refractivity contribution in [1.29, 1.82) is 0 Å². The van der Waals surface area contributed by atoms with Crippen LogP contribution in [0, 0.1) is 5.92 Å². The molecule has 2 aliphatic rings. The Bertz CT molecular complexity index is 197. The van der Waals surface area contributed by atoms with Crippen LogP contribution in [0.5, 0.6) is 0 Å². The number of rotatable bonds is 5. The van der Waals surface area contributed by atoms with Gasteiger partial charge < -0.3 is 4.74 Å². The van der Waals surface area contributed by atoms with Crippen molar-refractivity contribution in [3.05, 3.63) is 0 Å². The Morgan fingerprint density at radius 2 is 2.08 bits per heavy atom. The van der Waals surface area contributed by atoms with Crippen LogP contribution in [0.25, 0.3) is 0 Å². The van der Waals surface area contributed by atoms with E-state index < -0.39 is 0 Å². The third-order valence-electron chi connectivity index (χ3n) is 2.81. The Hall–Kier alpha value is -0.570. The van der Waals surface area contributed by atoms with Gasteiger partial charge in [-0.1, -0.05) is 0 Å². The second-order valence-electron chi connectivity index (χ2n) is 4.18. The molecule has 0 saturated heterocycles. The largest absolute Gasteiger partial charge is 0.468 e. The van der Waals surface area contributed by atoms with Crippen LogP contribution in [0.3, 0.4) is 0 Å². The van der Waals surface area contributed by atoms with Crippen molar-refractivity contribution in [3.63, 3.8) is 0 Å². The molecule has 0 N–H and O–H groups in total. The van der Waals surface area contributed by atoms with Gasteiger partial charge in [-0.15, -0.1) is 0 Å². The van der Waals surface area contributed by atoms with Gasteiger partial charge in [0, 0.05) is 12.6 Å². The maximum Gasteiger partial charge on any atom is 0.319 e. The maximum atomic E-state index is 11.1. The number of methoxy groups -OCH3 is 1. The SMILES string of the molecule is COC(=O)CN(CC1CC1)C1CC1. The Labute approximate surface area is 79.0 Å². The number of esters is 1. The average Bonchev–Trinajstić information content (AvgIpc) is 2.96. The van der Waals surface area contributed by atoms with Crippen molar-refractivity contribution in [3.8, 4) is 0 Å². The number of hydrogen-bond donors (Lipinski definition) is 0. The monoisotopic (exact) mass is 183 g/mol. The average molecular weight is 183 g/mol. The highest BCUT2D eigenvalue weighted by atomic mass is 16.5. The molecule has 0 amide bonds. The van der Waals surface area contributed by atoms with Crippen LogP contribution in [0.4, 0.5) is 0 Å². The summed E-state index contributed by atoms with van der Waals surface area (Å²) in [7, 11) is 1.46. The molecule has 0 unspecified atom stereocenters. The first-order valence-corrected chi connectivity index (χ1v) is 5.10. The van der Waals surface area contributed by atoms with Crippen molar-refractivity contribution < 1.29 is 9.53 Å². The van der Waals surface area contributed by atoms with E-state index in [9.17, 15) is 4.79 Å². The van der Waals surface area contributed by atoms with E-state index in [1.54, 1.807) is 0 Å². The molecule has 0 aromatic carbocycles. The number of carbonyl (C=O) groups excluding carboxylic acids is 1. The summed E-state index contributed by atoms with van der Waals surface area (Å²) < 4.78 is 4.68. The Morgan fingerprint density at radius 1 is 1.38 bits per heavy atom. The first-order valence-electron chi connectivity index (χ1n) is 5.10. The smallest absolute Gasteiger partial charge is 0.319 e. The molecule has 2 saturated carbocycles. The molecule has 74 valence electrons. The normalized spacial score (nSPS) is 22.0. The number of ether oxygens (including phenoxy) is 1. The molecule has 0 spiro atoms. The molecule has 0 radical (unpaired) electrons. The second kappa shape index (κ2) is 3.66. The van der Waals surface area contributed by atoms with Crippen LogP contribution in [0.2, 0.25) is 0 Å². The van der Waals surface area contributed by atoms with Crippen molar-refractivity contribution >= 4 is 5.97 Å². The molecule has 0 atom stereocenters. The molecule has 2 aliphatic carbocycles. The molecule has 0 heterocycles. The van der Waals surface area contributed by atoms with E-state index >= 15 is 0 Å². The van der Waals surface area contributed by atoms with Crippen LogP contribution in [-0.4, -0.2) is 37.1 Å². The second-order valence-corrected chi connectivity index (χ2v) is 4.18. The van der Waals surface area contributed by atoms with Gasteiger partial charge >= 0.3 is 5.97 Å². The van der Waals surface area contributed by atoms with E-state index in [1.807, 2.05) is 0 Å². The summed E-state index contributed by atoms with van der Waals surface area (Å²) in [6.07, 6.45) is 5.24. The molecule has 2 fully saturated rings. The van der Waals surface area contributed by atoms with Gasteiger partial charge in [-0.25, -0.2) is 0 Å². The topological polar surface area (TPSA) is 29.5 Å². The molecule has 3 heteroatoms. The minimum atomic E-state index is -0.0902. The predicted molar refractivity (Wildman–Crippen MR) is 49.3 cm³/mol. The lowest BCUT2D eigenvalue weighted by Crippen LogP contribution is -2.34. The summed E-state index contributed by atoms with van der Waals surface area (Å²) >= 11 is 0. The van der Waals surface area contributed by atoms with Gasteiger partial charge in [0.25, 0.3) is 0 Å². The lowest BCUT2D eigenvalue weighted by molar-refractivity contribution is -0.142. The van der Waals surface area contributed by atoms with E-state index in [2.05, 4.69) is 9.64 Å². The number of hydrogen-bond acceptors (Lipinski definition) is 3. The molecular formula is C10H17NO2. The van der Waals surface area contributed by atoms with Crippen molar-refractivity contribution in [2.45, 2.75) is 31.7 Å². The minimum Gasteiger partial charge on any atom is -0.468 e. The van der Waals surface area contributed by atoms with E-state index in [4.69, 9.17) is 0 Å². The molecule has 2 rings (SSSR count). The fourth-order valence-electron chi connectivity index (χ4n) is 1.64.